The van der Waals surface area contributed by atoms with E-state index in [9.17, 15) is 9.59 Å². The fourth-order valence-electron chi connectivity index (χ4n) is 2.99. The third-order valence-corrected chi connectivity index (χ3v) is 5.06. The maximum absolute atomic E-state index is 13.1. The first-order valence-corrected chi connectivity index (χ1v) is 10.3. The molecule has 0 unspecified atom stereocenters. The van der Waals surface area contributed by atoms with E-state index in [1.54, 1.807) is 41.2 Å². The van der Waals surface area contributed by atoms with Gasteiger partial charge in [0.2, 0.25) is 5.91 Å². The van der Waals surface area contributed by atoms with Gasteiger partial charge in [0.25, 0.3) is 5.91 Å². The quantitative estimate of drug-likeness (QED) is 0.559. The molecule has 0 radical (unpaired) electrons. The first-order chi connectivity index (χ1) is 14.0. The van der Waals surface area contributed by atoms with E-state index in [0.717, 1.165) is 18.5 Å². The van der Waals surface area contributed by atoms with Crippen molar-refractivity contribution in [1.82, 2.24) is 14.4 Å². The van der Waals surface area contributed by atoms with Crippen LogP contribution < -0.4 is 0 Å². The van der Waals surface area contributed by atoms with Gasteiger partial charge in [-0.25, -0.2) is 0 Å². The van der Waals surface area contributed by atoms with Crippen molar-refractivity contribution < 1.29 is 14.3 Å². The molecule has 0 saturated heterocycles. The maximum Gasteiger partial charge on any atom is 0.254 e. The molecule has 1 heterocycles. The average molecular weight is 420 g/mol. The number of halogens is 1. The van der Waals surface area contributed by atoms with Gasteiger partial charge in [0.15, 0.2) is 0 Å². The molecule has 2 aromatic rings. The number of nitrogens with zero attached hydrogens (tertiary/aromatic N) is 3. The Morgan fingerprint density at radius 3 is 2.41 bits per heavy atom. The van der Waals surface area contributed by atoms with Crippen molar-refractivity contribution in [2.75, 3.05) is 33.4 Å². The van der Waals surface area contributed by atoms with Gasteiger partial charge in [0, 0.05) is 49.7 Å². The number of carbonyl (C=O) groups is 2. The van der Waals surface area contributed by atoms with Gasteiger partial charge in [-0.3, -0.25) is 9.59 Å². The first-order valence-electron chi connectivity index (χ1n) is 9.88. The molecule has 2 rings (SSSR count). The lowest BCUT2D eigenvalue weighted by Crippen LogP contribution is -2.44. The predicted molar refractivity (Wildman–Crippen MR) is 115 cm³/mol. The summed E-state index contributed by atoms with van der Waals surface area (Å²) in [6.45, 7) is 4.02. The number of hydrogen-bond donors (Lipinski definition) is 0. The Kier molecular flexibility index (Phi) is 9.22. The van der Waals surface area contributed by atoms with Gasteiger partial charge < -0.3 is 19.1 Å². The number of benzene rings is 1. The van der Waals surface area contributed by atoms with Crippen LogP contribution in [-0.4, -0.2) is 59.5 Å². The molecule has 2 amide bonds. The molecule has 0 aliphatic rings. The van der Waals surface area contributed by atoms with Crippen LogP contribution in [0.4, 0.5) is 0 Å². The molecule has 0 fully saturated rings. The van der Waals surface area contributed by atoms with Crippen molar-refractivity contribution in [3.05, 3.63) is 58.9 Å². The normalized spacial score (nSPS) is 10.8. The van der Waals surface area contributed by atoms with Crippen molar-refractivity contribution in [2.24, 2.45) is 7.05 Å². The van der Waals surface area contributed by atoms with E-state index in [0.29, 0.717) is 36.8 Å². The van der Waals surface area contributed by atoms with Crippen molar-refractivity contribution in [2.45, 2.75) is 26.3 Å². The van der Waals surface area contributed by atoms with Crippen LogP contribution in [0.1, 0.15) is 35.8 Å². The van der Waals surface area contributed by atoms with E-state index in [1.165, 1.54) is 0 Å². The number of rotatable bonds is 11. The summed E-state index contributed by atoms with van der Waals surface area (Å²) >= 11 is 5.93. The van der Waals surface area contributed by atoms with Crippen molar-refractivity contribution in [1.29, 1.82) is 0 Å². The molecule has 0 N–H and O–H groups in total. The molecule has 0 bridgehead atoms. The molecule has 7 heteroatoms. The van der Waals surface area contributed by atoms with Crippen LogP contribution in [0.2, 0.25) is 5.02 Å². The van der Waals surface area contributed by atoms with E-state index >= 15 is 0 Å². The van der Waals surface area contributed by atoms with E-state index in [-0.39, 0.29) is 18.4 Å². The third kappa shape index (κ3) is 6.91. The molecule has 0 saturated carbocycles. The largest absolute Gasteiger partial charge is 0.383 e. The fourth-order valence-corrected chi connectivity index (χ4v) is 3.12. The number of amides is 2. The Morgan fingerprint density at radius 2 is 1.83 bits per heavy atom. The van der Waals surface area contributed by atoms with E-state index < -0.39 is 0 Å². The zero-order chi connectivity index (χ0) is 21.2. The van der Waals surface area contributed by atoms with Crippen LogP contribution >= 0.6 is 11.6 Å². The zero-order valence-electron chi connectivity index (χ0n) is 17.4. The smallest absolute Gasteiger partial charge is 0.254 e. The second-order valence-electron chi connectivity index (χ2n) is 7.01. The monoisotopic (exact) mass is 419 g/mol. The number of aryl methyl sites for hydroxylation is 1. The summed E-state index contributed by atoms with van der Waals surface area (Å²) in [6, 6.07) is 10.7. The average Bonchev–Trinajstić information content (AvgIpc) is 3.12. The Hall–Kier alpha value is -2.31. The third-order valence-electron chi connectivity index (χ3n) is 4.81. The van der Waals surface area contributed by atoms with E-state index in [1.807, 2.05) is 29.9 Å². The van der Waals surface area contributed by atoms with Gasteiger partial charge in [-0.1, -0.05) is 24.9 Å². The zero-order valence-corrected chi connectivity index (χ0v) is 18.2. The maximum atomic E-state index is 13.1. The standard InChI is InChI=1S/C22H30ClN3O3/c1-4-5-13-26(22(28)18-8-10-19(23)11-9-18)17-21(27)25(14-15-29-3)16-20-7-6-12-24(20)2/h6-12H,4-5,13-17H2,1-3H3. The number of unbranched alkanes of at least 4 members (excludes halogenated alkanes) is 1. The van der Waals surface area contributed by atoms with E-state index in [2.05, 4.69) is 6.92 Å². The van der Waals surface area contributed by atoms with Crippen LogP contribution in [0, 0.1) is 0 Å². The van der Waals surface area contributed by atoms with Crippen molar-refractivity contribution in [3.63, 3.8) is 0 Å². The SMILES string of the molecule is CCCCN(CC(=O)N(CCOC)Cc1cccn1C)C(=O)c1ccc(Cl)cc1. The minimum absolute atomic E-state index is 0.0373. The van der Waals surface area contributed by atoms with E-state index in [4.69, 9.17) is 16.3 Å². The Bertz CT molecular complexity index is 789. The molecule has 29 heavy (non-hydrogen) atoms. The molecule has 6 nitrogen and oxygen atoms in total. The number of methoxy groups -OCH3 is 1. The molecule has 0 aliphatic heterocycles. The number of carbonyl (C=O) groups excluding carboxylic acids is 2. The molecule has 158 valence electrons. The molecular formula is C22H30ClN3O3. The van der Waals surface area contributed by atoms with Crippen LogP contribution in [0.25, 0.3) is 0 Å². The second-order valence-corrected chi connectivity index (χ2v) is 7.44. The number of hydrogen-bond acceptors (Lipinski definition) is 3. The summed E-state index contributed by atoms with van der Waals surface area (Å²) < 4.78 is 7.16. The molecule has 0 spiro atoms. The molecule has 0 atom stereocenters. The highest BCUT2D eigenvalue weighted by atomic mass is 35.5. The van der Waals surface area contributed by atoms with Gasteiger partial charge in [-0.15, -0.1) is 0 Å². The van der Waals surface area contributed by atoms with Crippen LogP contribution in [0.5, 0.6) is 0 Å². The Balaban J connectivity index is 2.14. The lowest BCUT2D eigenvalue weighted by Gasteiger charge is -2.28. The summed E-state index contributed by atoms with van der Waals surface area (Å²) in [5.41, 5.74) is 1.56. The highest BCUT2D eigenvalue weighted by Crippen LogP contribution is 2.13. The summed E-state index contributed by atoms with van der Waals surface area (Å²) in [4.78, 5) is 29.5. The van der Waals surface area contributed by atoms with Crippen LogP contribution in [0.3, 0.4) is 0 Å². The van der Waals surface area contributed by atoms with Crippen LogP contribution in [-0.2, 0) is 23.1 Å². The molecule has 1 aromatic heterocycles. The summed E-state index contributed by atoms with van der Waals surface area (Å²) in [6.07, 6.45) is 3.73. The van der Waals surface area contributed by atoms with Crippen molar-refractivity contribution >= 4 is 23.4 Å². The molecular weight excluding hydrogens is 390 g/mol. The Morgan fingerprint density at radius 1 is 1.10 bits per heavy atom. The first kappa shape index (κ1) is 23.0. The summed E-state index contributed by atoms with van der Waals surface area (Å²) in [5.74, 6) is -0.254. The topological polar surface area (TPSA) is 54.8 Å². The van der Waals surface area contributed by atoms with Gasteiger partial charge in [0.1, 0.15) is 6.54 Å². The molecule has 1 aromatic carbocycles. The predicted octanol–water partition coefficient (Wildman–Crippen LogP) is 3.60. The summed E-state index contributed by atoms with van der Waals surface area (Å²) in [7, 11) is 3.56. The van der Waals surface area contributed by atoms with Crippen molar-refractivity contribution in [3.8, 4) is 0 Å². The van der Waals surface area contributed by atoms with Gasteiger partial charge in [-0.2, -0.15) is 0 Å². The lowest BCUT2D eigenvalue weighted by atomic mass is 10.2. The van der Waals surface area contributed by atoms with Gasteiger partial charge >= 0.3 is 0 Å². The van der Waals surface area contributed by atoms with Crippen LogP contribution in [0.15, 0.2) is 42.6 Å². The fraction of sp³-hybridized carbons (Fsp3) is 0.455. The lowest BCUT2D eigenvalue weighted by molar-refractivity contribution is -0.133. The highest BCUT2D eigenvalue weighted by molar-refractivity contribution is 6.30. The highest BCUT2D eigenvalue weighted by Gasteiger charge is 2.22. The van der Waals surface area contributed by atoms with Gasteiger partial charge in [-0.05, 0) is 42.8 Å². The number of ether oxygens (including phenoxy) is 1. The second kappa shape index (κ2) is 11.6. The Labute approximate surface area is 178 Å². The minimum Gasteiger partial charge on any atom is -0.383 e. The van der Waals surface area contributed by atoms with Gasteiger partial charge in [0.05, 0.1) is 13.2 Å². The number of aromatic nitrogens is 1. The minimum atomic E-state index is -0.158. The summed E-state index contributed by atoms with van der Waals surface area (Å²) in [5, 5.41) is 0.575. The molecule has 0 aliphatic carbocycles.